The van der Waals surface area contributed by atoms with E-state index in [1.54, 1.807) is 9.36 Å². The van der Waals surface area contributed by atoms with E-state index in [2.05, 4.69) is 51.9 Å². The molecule has 0 aliphatic carbocycles. The lowest BCUT2D eigenvalue weighted by Crippen LogP contribution is -2.24. The van der Waals surface area contributed by atoms with E-state index in [9.17, 15) is 4.79 Å². The second kappa shape index (κ2) is 8.88. The number of nitrogens with zero attached hydrogens (tertiary/aromatic N) is 7. The van der Waals surface area contributed by atoms with Gasteiger partial charge in [-0.05, 0) is 0 Å². The van der Waals surface area contributed by atoms with Crippen LogP contribution in [-0.4, -0.2) is 52.1 Å². The second-order valence-corrected chi connectivity index (χ2v) is 6.36. The number of carbonyl (C=O) groups is 1. The minimum absolute atomic E-state index is 0.0496. The molecule has 0 unspecified atom stereocenters. The number of rotatable bonds is 9. The van der Waals surface area contributed by atoms with E-state index in [4.69, 9.17) is 5.73 Å². The van der Waals surface area contributed by atoms with Crippen LogP contribution in [0.2, 0.25) is 0 Å². The summed E-state index contributed by atoms with van der Waals surface area (Å²) < 4.78 is 5.50. The van der Waals surface area contributed by atoms with E-state index in [-0.39, 0.29) is 5.91 Å². The van der Waals surface area contributed by atoms with Crippen LogP contribution >= 0.6 is 22.9 Å². The molecule has 0 bridgehead atoms. The Bertz CT molecular complexity index is 626. The molecule has 0 fully saturated rings. The summed E-state index contributed by atoms with van der Waals surface area (Å²) in [4.78, 5) is 10.8. The molecule has 2 aromatic heterocycles. The second-order valence-electron chi connectivity index (χ2n) is 5.00. The van der Waals surface area contributed by atoms with Crippen LogP contribution in [0.4, 0.5) is 0 Å². The third-order valence-corrected chi connectivity index (χ3v) is 3.59. The number of hydrogen-bond acceptors (Lipinski definition) is 7. The minimum Gasteiger partial charge on any atom is -0.354 e. The van der Waals surface area contributed by atoms with Crippen molar-refractivity contribution in [2.24, 2.45) is 5.73 Å². The Morgan fingerprint density at radius 1 is 1.22 bits per heavy atom. The van der Waals surface area contributed by atoms with Crippen LogP contribution in [0, 0.1) is 0 Å². The van der Waals surface area contributed by atoms with E-state index in [0.717, 1.165) is 11.4 Å². The van der Waals surface area contributed by atoms with Gasteiger partial charge in [0.1, 0.15) is 0 Å². The standard InChI is InChI=1S/C12H20IN9O/c1-10(23)15-3-5-22-9-12(17-19-22)7-20(13)6-11-8-21(4-2-14)18-16-11/h8-9H,2-7,14H2,1H3,(H,15,23). The van der Waals surface area contributed by atoms with Gasteiger partial charge in [0.15, 0.2) is 0 Å². The Labute approximate surface area is 147 Å². The molecule has 10 nitrogen and oxygen atoms in total. The van der Waals surface area contributed by atoms with Gasteiger partial charge in [0.2, 0.25) is 5.91 Å². The summed E-state index contributed by atoms with van der Waals surface area (Å²) in [5.74, 6) is -0.0496. The van der Waals surface area contributed by atoms with Crippen LogP contribution in [0.25, 0.3) is 0 Å². The number of halogens is 1. The van der Waals surface area contributed by atoms with Crippen LogP contribution in [-0.2, 0) is 31.0 Å². The highest BCUT2D eigenvalue weighted by Gasteiger charge is 2.09. The Balaban J connectivity index is 1.79. The number of hydrogen-bond donors (Lipinski definition) is 2. The van der Waals surface area contributed by atoms with Gasteiger partial charge in [-0.1, -0.05) is 10.4 Å². The number of nitrogens with two attached hydrogens (primary N) is 1. The molecular formula is C12H20IN9O. The van der Waals surface area contributed by atoms with Gasteiger partial charge in [-0.25, -0.2) is 3.11 Å². The van der Waals surface area contributed by atoms with Gasteiger partial charge < -0.3 is 11.1 Å². The van der Waals surface area contributed by atoms with Crippen LogP contribution in [0.15, 0.2) is 12.4 Å². The van der Waals surface area contributed by atoms with Crippen molar-refractivity contribution in [1.29, 1.82) is 0 Å². The van der Waals surface area contributed by atoms with E-state index in [1.165, 1.54) is 6.92 Å². The summed E-state index contributed by atoms with van der Waals surface area (Å²) in [5.41, 5.74) is 7.22. The van der Waals surface area contributed by atoms with Gasteiger partial charge in [0.25, 0.3) is 0 Å². The normalized spacial score (nSPS) is 11.1. The summed E-state index contributed by atoms with van der Waals surface area (Å²) in [6.45, 7) is 5.13. The fourth-order valence-electron chi connectivity index (χ4n) is 1.93. The number of carbonyl (C=O) groups excluding carboxylic acids is 1. The van der Waals surface area contributed by atoms with Crippen molar-refractivity contribution in [3.63, 3.8) is 0 Å². The van der Waals surface area contributed by atoms with E-state index >= 15 is 0 Å². The predicted molar refractivity (Wildman–Crippen MR) is 91.0 cm³/mol. The molecule has 0 saturated heterocycles. The van der Waals surface area contributed by atoms with Gasteiger partial charge in [-0.2, -0.15) is 0 Å². The molecule has 1 amide bonds. The van der Waals surface area contributed by atoms with Crippen LogP contribution < -0.4 is 11.1 Å². The molecule has 0 aliphatic rings. The number of aromatic nitrogens is 6. The molecule has 0 atom stereocenters. The maximum atomic E-state index is 10.8. The topological polar surface area (TPSA) is 120 Å². The third kappa shape index (κ3) is 6.19. The summed E-state index contributed by atoms with van der Waals surface area (Å²) >= 11 is 2.22. The van der Waals surface area contributed by atoms with E-state index < -0.39 is 0 Å². The number of amides is 1. The lowest BCUT2D eigenvalue weighted by Gasteiger charge is -2.09. The average molecular weight is 433 g/mol. The van der Waals surface area contributed by atoms with Crippen molar-refractivity contribution in [2.75, 3.05) is 13.1 Å². The fraction of sp³-hybridized carbons (Fsp3) is 0.583. The smallest absolute Gasteiger partial charge is 0.216 e. The molecular weight excluding hydrogens is 413 g/mol. The zero-order valence-electron chi connectivity index (χ0n) is 12.9. The highest BCUT2D eigenvalue weighted by atomic mass is 127. The zero-order chi connectivity index (χ0) is 16.7. The molecule has 11 heteroatoms. The molecule has 2 heterocycles. The van der Waals surface area contributed by atoms with Gasteiger partial charge in [0, 0.05) is 55.3 Å². The predicted octanol–water partition coefficient (Wildman–Crippen LogP) is -0.683. The highest BCUT2D eigenvalue weighted by molar-refractivity contribution is 14.1. The fourth-order valence-corrected chi connectivity index (χ4v) is 2.63. The summed E-state index contributed by atoms with van der Waals surface area (Å²) in [6.07, 6.45) is 3.77. The molecule has 126 valence electrons. The van der Waals surface area contributed by atoms with Crippen LogP contribution in [0.1, 0.15) is 18.3 Å². The molecule has 2 aromatic rings. The molecule has 0 saturated carbocycles. The van der Waals surface area contributed by atoms with Crippen molar-refractivity contribution in [1.82, 2.24) is 38.4 Å². The van der Waals surface area contributed by atoms with Crippen molar-refractivity contribution in [3.8, 4) is 0 Å². The van der Waals surface area contributed by atoms with Gasteiger partial charge in [-0.3, -0.25) is 14.2 Å². The number of nitrogens with one attached hydrogen (secondary N) is 1. The molecule has 2 rings (SSSR count). The first-order chi connectivity index (χ1) is 11.1. The Morgan fingerprint density at radius 3 is 2.30 bits per heavy atom. The zero-order valence-corrected chi connectivity index (χ0v) is 15.0. The molecule has 0 aromatic carbocycles. The van der Waals surface area contributed by atoms with E-state index in [0.29, 0.717) is 39.3 Å². The third-order valence-electron chi connectivity index (χ3n) is 2.91. The summed E-state index contributed by atoms with van der Waals surface area (Å²) in [7, 11) is 0. The quantitative estimate of drug-likeness (QED) is 0.397. The Kier molecular flexibility index (Phi) is 6.85. The molecule has 0 radical (unpaired) electrons. The monoisotopic (exact) mass is 433 g/mol. The van der Waals surface area contributed by atoms with Crippen molar-refractivity contribution in [2.45, 2.75) is 33.1 Å². The van der Waals surface area contributed by atoms with Crippen molar-refractivity contribution >= 4 is 28.8 Å². The van der Waals surface area contributed by atoms with Gasteiger partial charge in [0.05, 0.1) is 37.6 Å². The average Bonchev–Trinajstić information content (AvgIpc) is 3.09. The van der Waals surface area contributed by atoms with E-state index in [1.807, 2.05) is 12.4 Å². The largest absolute Gasteiger partial charge is 0.354 e. The summed E-state index contributed by atoms with van der Waals surface area (Å²) in [6, 6.07) is 0. The first-order valence-electron chi connectivity index (χ1n) is 7.20. The lowest BCUT2D eigenvalue weighted by molar-refractivity contribution is -0.118. The first kappa shape index (κ1) is 17.7. The van der Waals surface area contributed by atoms with Crippen molar-refractivity contribution < 1.29 is 4.79 Å². The highest BCUT2D eigenvalue weighted by Crippen LogP contribution is 2.11. The SMILES string of the molecule is CC(=O)NCCn1cc(CN(I)Cc2cn(CCN)nn2)nn1. The Hall–Kier alpha value is -1.60. The molecule has 0 spiro atoms. The maximum absolute atomic E-state index is 10.8. The van der Waals surface area contributed by atoms with Gasteiger partial charge >= 0.3 is 0 Å². The van der Waals surface area contributed by atoms with Crippen molar-refractivity contribution in [3.05, 3.63) is 23.8 Å². The Morgan fingerprint density at radius 2 is 1.78 bits per heavy atom. The molecule has 3 N–H and O–H groups in total. The molecule has 23 heavy (non-hydrogen) atoms. The lowest BCUT2D eigenvalue weighted by atomic mass is 10.4. The van der Waals surface area contributed by atoms with Gasteiger partial charge in [-0.15, -0.1) is 10.2 Å². The maximum Gasteiger partial charge on any atom is 0.216 e. The van der Waals surface area contributed by atoms with Crippen LogP contribution in [0.3, 0.4) is 0 Å². The summed E-state index contributed by atoms with van der Waals surface area (Å²) in [5, 5.41) is 19.0. The van der Waals surface area contributed by atoms with Crippen LogP contribution in [0.5, 0.6) is 0 Å². The molecule has 0 aliphatic heterocycles. The minimum atomic E-state index is -0.0496. The first-order valence-corrected chi connectivity index (χ1v) is 8.16.